The standard InChI is InChI=1S/C9H20N2/c1-2-11-8-9(10)6-4-3-5-7-9/h11H,2-8,10H2,1H3. The molecule has 0 aromatic carbocycles. The van der Waals surface area contributed by atoms with Crippen LogP contribution in [0.15, 0.2) is 0 Å². The third kappa shape index (κ3) is 2.80. The lowest BCUT2D eigenvalue weighted by molar-refractivity contribution is 0.286. The lowest BCUT2D eigenvalue weighted by Crippen LogP contribution is -2.49. The molecule has 0 spiro atoms. The summed E-state index contributed by atoms with van der Waals surface area (Å²) in [5.74, 6) is 0. The summed E-state index contributed by atoms with van der Waals surface area (Å²) in [4.78, 5) is 0. The summed E-state index contributed by atoms with van der Waals surface area (Å²) in [7, 11) is 0. The van der Waals surface area contributed by atoms with E-state index in [4.69, 9.17) is 5.73 Å². The highest BCUT2D eigenvalue weighted by Gasteiger charge is 2.26. The lowest BCUT2D eigenvalue weighted by atomic mass is 9.82. The first-order valence-corrected chi connectivity index (χ1v) is 4.76. The quantitative estimate of drug-likeness (QED) is 0.645. The van der Waals surface area contributed by atoms with Crippen molar-refractivity contribution in [1.82, 2.24) is 5.32 Å². The van der Waals surface area contributed by atoms with Gasteiger partial charge in [0.25, 0.3) is 0 Å². The van der Waals surface area contributed by atoms with E-state index in [9.17, 15) is 0 Å². The van der Waals surface area contributed by atoms with Crippen molar-refractivity contribution in [3.63, 3.8) is 0 Å². The number of hydrogen-bond donors (Lipinski definition) is 2. The predicted octanol–water partition coefficient (Wildman–Crippen LogP) is 1.26. The monoisotopic (exact) mass is 156 g/mol. The molecule has 0 aliphatic heterocycles. The van der Waals surface area contributed by atoms with E-state index in [0.29, 0.717) is 0 Å². The Kier molecular flexibility index (Phi) is 3.34. The largest absolute Gasteiger partial charge is 0.324 e. The lowest BCUT2D eigenvalue weighted by Gasteiger charge is -2.33. The molecular formula is C9H20N2. The number of likely N-dealkylation sites (N-methyl/N-ethyl adjacent to an activating group) is 1. The van der Waals surface area contributed by atoms with Gasteiger partial charge in [-0.15, -0.1) is 0 Å². The molecule has 0 atom stereocenters. The molecule has 66 valence electrons. The van der Waals surface area contributed by atoms with Gasteiger partial charge in [0.05, 0.1) is 0 Å². The highest BCUT2D eigenvalue weighted by atomic mass is 14.9. The van der Waals surface area contributed by atoms with Crippen molar-refractivity contribution < 1.29 is 0 Å². The van der Waals surface area contributed by atoms with Crippen LogP contribution in [-0.4, -0.2) is 18.6 Å². The zero-order valence-electron chi connectivity index (χ0n) is 7.53. The smallest absolute Gasteiger partial charge is 0.0280 e. The molecule has 0 aromatic rings. The third-order valence-corrected chi connectivity index (χ3v) is 2.58. The maximum atomic E-state index is 6.18. The Labute approximate surface area is 69.5 Å². The van der Waals surface area contributed by atoms with Crippen molar-refractivity contribution in [2.75, 3.05) is 13.1 Å². The van der Waals surface area contributed by atoms with E-state index < -0.39 is 0 Å². The van der Waals surface area contributed by atoms with Gasteiger partial charge in [-0.2, -0.15) is 0 Å². The fourth-order valence-corrected chi connectivity index (χ4v) is 1.81. The summed E-state index contributed by atoms with van der Waals surface area (Å²) >= 11 is 0. The van der Waals surface area contributed by atoms with Crippen molar-refractivity contribution >= 4 is 0 Å². The first-order chi connectivity index (χ1) is 5.27. The second-order valence-corrected chi connectivity index (χ2v) is 3.70. The third-order valence-electron chi connectivity index (χ3n) is 2.58. The fraction of sp³-hybridized carbons (Fsp3) is 1.00. The maximum Gasteiger partial charge on any atom is 0.0280 e. The molecule has 0 unspecified atom stereocenters. The topological polar surface area (TPSA) is 38.0 Å². The van der Waals surface area contributed by atoms with Crippen molar-refractivity contribution in [3.05, 3.63) is 0 Å². The number of hydrogen-bond acceptors (Lipinski definition) is 2. The molecule has 11 heavy (non-hydrogen) atoms. The summed E-state index contributed by atoms with van der Waals surface area (Å²) in [5, 5.41) is 3.33. The Morgan fingerprint density at radius 3 is 2.45 bits per heavy atom. The molecule has 0 heterocycles. The summed E-state index contributed by atoms with van der Waals surface area (Å²) in [5.41, 5.74) is 6.30. The molecule has 2 heteroatoms. The molecule has 1 fully saturated rings. The van der Waals surface area contributed by atoms with Crippen LogP contribution in [-0.2, 0) is 0 Å². The van der Waals surface area contributed by atoms with Crippen LogP contribution in [0, 0.1) is 0 Å². The normalized spacial score (nSPS) is 23.5. The van der Waals surface area contributed by atoms with E-state index in [0.717, 1.165) is 13.1 Å². The van der Waals surface area contributed by atoms with Gasteiger partial charge in [0.1, 0.15) is 0 Å². The highest BCUT2D eigenvalue weighted by molar-refractivity contribution is 4.88. The van der Waals surface area contributed by atoms with Crippen LogP contribution in [0.3, 0.4) is 0 Å². The minimum absolute atomic E-state index is 0.119. The van der Waals surface area contributed by atoms with Crippen LogP contribution in [0.2, 0.25) is 0 Å². The molecule has 0 bridgehead atoms. The molecule has 1 aliphatic carbocycles. The molecular weight excluding hydrogens is 136 g/mol. The second kappa shape index (κ2) is 4.07. The van der Waals surface area contributed by atoms with E-state index >= 15 is 0 Å². The van der Waals surface area contributed by atoms with Gasteiger partial charge in [0.2, 0.25) is 0 Å². The fourth-order valence-electron chi connectivity index (χ4n) is 1.81. The van der Waals surface area contributed by atoms with Crippen molar-refractivity contribution in [2.45, 2.75) is 44.6 Å². The van der Waals surface area contributed by atoms with Gasteiger partial charge >= 0.3 is 0 Å². The van der Waals surface area contributed by atoms with Crippen molar-refractivity contribution in [3.8, 4) is 0 Å². The Bertz CT molecular complexity index is 106. The van der Waals surface area contributed by atoms with Gasteiger partial charge in [-0.05, 0) is 19.4 Å². The summed E-state index contributed by atoms with van der Waals surface area (Å²) in [6.07, 6.45) is 6.44. The van der Waals surface area contributed by atoms with Crippen LogP contribution in [0.1, 0.15) is 39.0 Å². The Balaban J connectivity index is 2.25. The second-order valence-electron chi connectivity index (χ2n) is 3.70. The van der Waals surface area contributed by atoms with Gasteiger partial charge in [-0.1, -0.05) is 26.2 Å². The van der Waals surface area contributed by atoms with Crippen molar-refractivity contribution in [1.29, 1.82) is 0 Å². The molecule has 2 nitrogen and oxygen atoms in total. The Hall–Kier alpha value is -0.0800. The van der Waals surface area contributed by atoms with Crippen LogP contribution in [0.5, 0.6) is 0 Å². The van der Waals surface area contributed by atoms with E-state index in [1.165, 1.54) is 32.1 Å². The molecule has 1 saturated carbocycles. The maximum absolute atomic E-state index is 6.18. The van der Waals surface area contributed by atoms with E-state index in [-0.39, 0.29) is 5.54 Å². The average molecular weight is 156 g/mol. The Morgan fingerprint density at radius 1 is 1.27 bits per heavy atom. The minimum Gasteiger partial charge on any atom is -0.324 e. The van der Waals surface area contributed by atoms with E-state index in [1.807, 2.05) is 0 Å². The van der Waals surface area contributed by atoms with Gasteiger partial charge in [-0.3, -0.25) is 0 Å². The molecule has 0 radical (unpaired) electrons. The van der Waals surface area contributed by atoms with Gasteiger partial charge < -0.3 is 11.1 Å². The van der Waals surface area contributed by atoms with E-state index in [2.05, 4.69) is 12.2 Å². The molecule has 0 saturated heterocycles. The van der Waals surface area contributed by atoms with E-state index in [1.54, 1.807) is 0 Å². The summed E-state index contributed by atoms with van der Waals surface area (Å²) < 4.78 is 0. The number of rotatable bonds is 3. The first-order valence-electron chi connectivity index (χ1n) is 4.76. The average Bonchev–Trinajstić information content (AvgIpc) is 2.03. The summed E-state index contributed by atoms with van der Waals surface area (Å²) in [6, 6.07) is 0. The van der Waals surface area contributed by atoms with Gasteiger partial charge in [0, 0.05) is 12.1 Å². The predicted molar refractivity (Wildman–Crippen MR) is 48.5 cm³/mol. The summed E-state index contributed by atoms with van der Waals surface area (Å²) in [6.45, 7) is 4.18. The number of nitrogens with two attached hydrogens (primary N) is 1. The highest BCUT2D eigenvalue weighted by Crippen LogP contribution is 2.24. The minimum atomic E-state index is 0.119. The van der Waals surface area contributed by atoms with Crippen LogP contribution < -0.4 is 11.1 Å². The zero-order valence-corrected chi connectivity index (χ0v) is 7.53. The molecule has 0 aromatic heterocycles. The van der Waals surface area contributed by atoms with Crippen LogP contribution in [0.4, 0.5) is 0 Å². The van der Waals surface area contributed by atoms with Crippen molar-refractivity contribution in [2.24, 2.45) is 5.73 Å². The number of nitrogens with one attached hydrogen (secondary N) is 1. The molecule has 1 rings (SSSR count). The molecule has 1 aliphatic rings. The van der Waals surface area contributed by atoms with Gasteiger partial charge in [0.15, 0.2) is 0 Å². The zero-order chi connectivity index (χ0) is 8.16. The van der Waals surface area contributed by atoms with Crippen LogP contribution in [0.25, 0.3) is 0 Å². The first kappa shape index (κ1) is 9.01. The molecule has 0 amide bonds. The van der Waals surface area contributed by atoms with Gasteiger partial charge in [-0.25, -0.2) is 0 Å². The SMILES string of the molecule is CCNCC1(N)CCCCC1. The molecule has 3 N–H and O–H groups in total. The van der Waals surface area contributed by atoms with Crippen LogP contribution >= 0.6 is 0 Å². The Morgan fingerprint density at radius 2 is 1.91 bits per heavy atom.